The molecule has 0 saturated carbocycles. The van der Waals surface area contributed by atoms with Crippen LogP contribution in [0, 0.1) is 17.3 Å². The number of aliphatic hydroxyl groups is 1. The van der Waals surface area contributed by atoms with E-state index in [-0.39, 0.29) is 29.8 Å². The van der Waals surface area contributed by atoms with E-state index < -0.39 is 0 Å². The summed E-state index contributed by atoms with van der Waals surface area (Å²) in [6, 6.07) is -0.0791. The van der Waals surface area contributed by atoms with Crippen LogP contribution >= 0.6 is 0 Å². The van der Waals surface area contributed by atoms with Crippen molar-refractivity contribution in [2.45, 2.75) is 220 Å². The third kappa shape index (κ3) is 21.4. The van der Waals surface area contributed by atoms with Crippen molar-refractivity contribution in [1.82, 2.24) is 9.80 Å². The summed E-state index contributed by atoms with van der Waals surface area (Å²) < 4.78 is 12.5. The highest BCUT2D eigenvalue weighted by Crippen LogP contribution is 2.41. The molecule has 0 radical (unpaired) electrons. The van der Waals surface area contributed by atoms with Gasteiger partial charge in [0.05, 0.1) is 17.9 Å². The van der Waals surface area contributed by atoms with Gasteiger partial charge in [-0.05, 0) is 82.8 Å². The Balaban J connectivity index is 2.04. The van der Waals surface area contributed by atoms with E-state index in [4.69, 9.17) is 14.6 Å². The Kier molecular flexibility index (Phi) is 28.9. The highest BCUT2D eigenvalue weighted by atomic mass is 16.5. The Labute approximate surface area is 334 Å². The highest BCUT2D eigenvalue weighted by Gasteiger charge is 2.47. The highest BCUT2D eigenvalue weighted by molar-refractivity contribution is 5.73. The number of hydrogen-bond donors (Lipinski definition) is 1. The second-order valence-corrected chi connectivity index (χ2v) is 17.7. The fraction of sp³-hybridized carbons (Fsp3) is 0.957. The van der Waals surface area contributed by atoms with Crippen molar-refractivity contribution >= 4 is 11.9 Å². The number of hydrogen-bond acceptors (Lipinski definition) is 7. The predicted octanol–water partition coefficient (Wildman–Crippen LogP) is 11.7. The Morgan fingerprint density at radius 2 is 0.907 bits per heavy atom. The predicted molar refractivity (Wildman–Crippen MR) is 227 cm³/mol. The number of carbonyl (C=O) groups is 2. The number of rotatable bonds is 36. The lowest BCUT2D eigenvalue weighted by atomic mass is 9.71. The number of likely N-dealkylation sites (tertiary alicyclic amines) is 2. The minimum Gasteiger partial charge on any atom is -0.464 e. The minimum atomic E-state index is -0.0791. The molecular weight excluding hydrogens is 673 g/mol. The lowest BCUT2D eigenvalue weighted by molar-refractivity contribution is -0.161. The third-order valence-corrected chi connectivity index (χ3v) is 12.8. The number of nitrogens with zero attached hydrogens (tertiary/aromatic N) is 2. The van der Waals surface area contributed by atoms with Crippen LogP contribution in [0.15, 0.2) is 0 Å². The van der Waals surface area contributed by atoms with Gasteiger partial charge >= 0.3 is 11.9 Å². The molecule has 0 bridgehead atoms. The van der Waals surface area contributed by atoms with Crippen LogP contribution < -0.4 is 0 Å². The van der Waals surface area contributed by atoms with E-state index in [1.165, 1.54) is 116 Å². The number of esters is 2. The van der Waals surface area contributed by atoms with E-state index in [9.17, 15) is 9.59 Å². The van der Waals surface area contributed by atoms with Crippen LogP contribution in [-0.4, -0.2) is 85.4 Å². The average Bonchev–Trinajstić information content (AvgIpc) is 3.17. The molecule has 0 amide bonds. The number of ether oxygens (including phenoxy) is 2. The Bertz CT molecular complexity index is 851. The molecule has 7 heteroatoms. The normalized spacial score (nSPS) is 17.6. The van der Waals surface area contributed by atoms with Crippen LogP contribution in [0.5, 0.6) is 0 Å². The molecular formula is C47H90N2O5. The summed E-state index contributed by atoms with van der Waals surface area (Å²) in [5.74, 6) is -0.105. The first-order chi connectivity index (χ1) is 26.4. The van der Waals surface area contributed by atoms with E-state index in [1.807, 2.05) is 0 Å². The fourth-order valence-corrected chi connectivity index (χ4v) is 8.85. The van der Waals surface area contributed by atoms with Crippen LogP contribution in [0.3, 0.4) is 0 Å². The van der Waals surface area contributed by atoms with Crippen molar-refractivity contribution in [2.24, 2.45) is 17.3 Å². The fourth-order valence-electron chi connectivity index (χ4n) is 8.85. The van der Waals surface area contributed by atoms with Gasteiger partial charge in [0, 0.05) is 19.7 Å². The molecule has 2 rings (SSSR count). The summed E-state index contributed by atoms with van der Waals surface area (Å²) in [6.07, 6.45) is 33.5. The summed E-state index contributed by atoms with van der Waals surface area (Å²) in [7, 11) is 0. The lowest BCUT2D eigenvalue weighted by Gasteiger charge is -2.56. The largest absolute Gasteiger partial charge is 0.464 e. The molecule has 2 saturated heterocycles. The van der Waals surface area contributed by atoms with Crippen LogP contribution in [-0.2, 0) is 19.1 Å². The quantitative estimate of drug-likeness (QED) is 0.0503. The molecule has 2 unspecified atom stereocenters. The topological polar surface area (TPSA) is 79.3 Å². The van der Waals surface area contributed by atoms with Crippen LogP contribution in [0.2, 0.25) is 0 Å². The van der Waals surface area contributed by atoms with E-state index in [1.54, 1.807) is 0 Å². The van der Waals surface area contributed by atoms with E-state index in [0.717, 1.165) is 103 Å². The first kappa shape index (κ1) is 49.0. The maximum absolute atomic E-state index is 13.7. The van der Waals surface area contributed by atoms with E-state index in [2.05, 4.69) is 37.5 Å². The van der Waals surface area contributed by atoms with Gasteiger partial charge in [-0.25, -0.2) is 0 Å². The minimum absolute atomic E-state index is 0.0227. The van der Waals surface area contributed by atoms with Gasteiger partial charge in [-0.2, -0.15) is 0 Å². The van der Waals surface area contributed by atoms with E-state index >= 15 is 0 Å². The zero-order valence-electron chi connectivity index (χ0n) is 36.4. The maximum atomic E-state index is 13.7. The van der Waals surface area contributed by atoms with Gasteiger partial charge in [0.2, 0.25) is 0 Å². The molecule has 54 heavy (non-hydrogen) atoms. The third-order valence-electron chi connectivity index (χ3n) is 12.8. The van der Waals surface area contributed by atoms with Gasteiger partial charge in [-0.15, -0.1) is 0 Å². The Morgan fingerprint density at radius 3 is 1.31 bits per heavy atom. The maximum Gasteiger partial charge on any atom is 0.308 e. The number of carbonyl (C=O) groups excluding carboxylic acids is 2. The number of aliphatic hydroxyl groups excluding tert-OH is 1. The lowest BCUT2D eigenvalue weighted by Crippen LogP contribution is -2.64. The molecule has 0 aromatic rings. The molecule has 0 aliphatic carbocycles. The Morgan fingerprint density at radius 1 is 0.537 bits per heavy atom. The van der Waals surface area contributed by atoms with Crippen molar-refractivity contribution in [3.8, 4) is 0 Å². The number of piperidine rings is 1. The molecule has 1 N–H and O–H groups in total. The molecule has 2 fully saturated rings. The van der Waals surface area contributed by atoms with Crippen molar-refractivity contribution in [3.05, 3.63) is 0 Å². The van der Waals surface area contributed by atoms with Gasteiger partial charge < -0.3 is 19.5 Å². The zero-order valence-corrected chi connectivity index (χ0v) is 36.4. The summed E-state index contributed by atoms with van der Waals surface area (Å²) >= 11 is 0. The smallest absolute Gasteiger partial charge is 0.308 e. The van der Waals surface area contributed by atoms with Crippen molar-refractivity contribution in [2.75, 3.05) is 52.5 Å². The summed E-state index contributed by atoms with van der Waals surface area (Å²) in [5.41, 5.74) is 0.326. The van der Waals surface area contributed by atoms with Crippen LogP contribution in [0.4, 0.5) is 0 Å². The SMILES string of the molecule is CCCCCCCCC(CCCCCC)C(=O)OCC(COC(=O)C(CCCCCC)CCCCCCCC)N1CC2(CCN(CCCCCO)CC2)C1. The van der Waals surface area contributed by atoms with Crippen LogP contribution in [0.1, 0.15) is 214 Å². The average molecular weight is 763 g/mol. The monoisotopic (exact) mass is 763 g/mol. The second kappa shape index (κ2) is 31.9. The first-order valence-electron chi connectivity index (χ1n) is 23.8. The molecule has 1 spiro atoms. The van der Waals surface area contributed by atoms with Crippen molar-refractivity contribution < 1.29 is 24.2 Å². The molecule has 318 valence electrons. The molecule has 2 heterocycles. The van der Waals surface area contributed by atoms with Crippen molar-refractivity contribution in [1.29, 1.82) is 0 Å². The molecule has 2 aliphatic heterocycles. The molecule has 0 aromatic carbocycles. The van der Waals surface area contributed by atoms with Gasteiger partial charge in [0.1, 0.15) is 13.2 Å². The summed E-state index contributed by atoms with van der Waals surface area (Å²) in [4.78, 5) is 32.5. The van der Waals surface area contributed by atoms with Gasteiger partial charge in [0.25, 0.3) is 0 Å². The summed E-state index contributed by atoms with van der Waals surface area (Å²) in [5, 5.41) is 9.14. The molecule has 7 nitrogen and oxygen atoms in total. The van der Waals surface area contributed by atoms with Gasteiger partial charge in [0.15, 0.2) is 0 Å². The van der Waals surface area contributed by atoms with Gasteiger partial charge in [-0.1, -0.05) is 156 Å². The van der Waals surface area contributed by atoms with Crippen molar-refractivity contribution in [3.63, 3.8) is 0 Å². The number of unbranched alkanes of at least 4 members (excludes halogenated alkanes) is 18. The Hall–Kier alpha value is -1.18. The molecule has 0 aromatic heterocycles. The van der Waals surface area contributed by atoms with Crippen LogP contribution in [0.25, 0.3) is 0 Å². The first-order valence-corrected chi connectivity index (χ1v) is 23.8. The molecule has 2 atom stereocenters. The van der Waals surface area contributed by atoms with E-state index in [0.29, 0.717) is 25.2 Å². The molecule has 2 aliphatic rings. The standard InChI is InChI=1S/C47H90N2O5/c1-5-9-13-17-19-24-30-42(28-22-15-11-7-3)45(51)53-38-44(49-40-47(41-49)32-35-48(36-33-47)34-26-21-27-37-50)39-54-46(52)43(29-23-16-12-8-4)31-25-20-18-14-10-6-2/h42-44,50H,5-41H2,1-4H3. The summed E-state index contributed by atoms with van der Waals surface area (Å²) in [6.45, 7) is 15.3. The zero-order chi connectivity index (χ0) is 39.1. The second-order valence-electron chi connectivity index (χ2n) is 17.7. The van der Waals surface area contributed by atoms with Gasteiger partial charge in [-0.3, -0.25) is 14.5 Å².